The molecule has 2 aromatic rings. The summed E-state index contributed by atoms with van der Waals surface area (Å²) in [5, 5.41) is 3.11. The van der Waals surface area contributed by atoms with Gasteiger partial charge >= 0.3 is 0 Å². The van der Waals surface area contributed by atoms with Crippen molar-refractivity contribution in [1.82, 2.24) is 4.98 Å². The first-order valence-corrected chi connectivity index (χ1v) is 8.21. The molecule has 0 radical (unpaired) electrons. The van der Waals surface area contributed by atoms with Gasteiger partial charge in [0.1, 0.15) is 5.75 Å². The Morgan fingerprint density at radius 3 is 2.62 bits per heavy atom. The Morgan fingerprint density at radius 2 is 2.00 bits per heavy atom. The van der Waals surface area contributed by atoms with Crippen molar-refractivity contribution in [2.45, 2.75) is 45.6 Å². The molecule has 0 atom stereocenters. The zero-order valence-electron chi connectivity index (χ0n) is 13.2. The number of thiazole rings is 1. The fraction of sp³-hybridized carbons (Fsp3) is 0.471. The van der Waals surface area contributed by atoms with Crippen molar-refractivity contribution in [3.05, 3.63) is 45.9 Å². The molecule has 0 aliphatic heterocycles. The molecule has 21 heavy (non-hydrogen) atoms. The van der Waals surface area contributed by atoms with Crippen LogP contribution in [0, 0.1) is 0 Å². The molecule has 0 aliphatic carbocycles. The summed E-state index contributed by atoms with van der Waals surface area (Å²) in [6.07, 6.45) is 0.813. The predicted octanol–water partition coefficient (Wildman–Crippen LogP) is 4.08. The summed E-state index contributed by atoms with van der Waals surface area (Å²) >= 11 is 1.65. The number of nitrogens with zero attached hydrogens (tertiary/aromatic N) is 1. The third-order valence-electron chi connectivity index (χ3n) is 3.33. The van der Waals surface area contributed by atoms with E-state index >= 15 is 0 Å². The summed E-state index contributed by atoms with van der Waals surface area (Å²) in [5.74, 6) is 1.44. The third kappa shape index (κ3) is 4.29. The van der Waals surface area contributed by atoms with Gasteiger partial charge in [0.25, 0.3) is 0 Å². The number of aromatic nitrogens is 1. The highest BCUT2D eigenvalue weighted by Gasteiger charge is 2.17. The van der Waals surface area contributed by atoms with E-state index in [0.717, 1.165) is 22.9 Å². The van der Waals surface area contributed by atoms with Crippen LogP contribution in [0.1, 0.15) is 49.9 Å². The summed E-state index contributed by atoms with van der Waals surface area (Å²) < 4.78 is 5.93. The van der Waals surface area contributed by atoms with Crippen LogP contribution >= 0.6 is 11.3 Å². The molecular weight excluding hydrogens is 280 g/mol. The molecule has 1 aromatic heterocycles. The summed E-state index contributed by atoms with van der Waals surface area (Å²) in [7, 11) is 0. The fourth-order valence-electron chi connectivity index (χ4n) is 2.06. The second kappa shape index (κ2) is 6.58. The summed E-state index contributed by atoms with van der Waals surface area (Å²) in [4.78, 5) is 4.58. The molecule has 0 fully saturated rings. The Kier molecular flexibility index (Phi) is 5.01. The van der Waals surface area contributed by atoms with E-state index in [1.54, 1.807) is 11.3 Å². The molecule has 0 spiro atoms. The average molecular weight is 304 g/mol. The van der Waals surface area contributed by atoms with Gasteiger partial charge in [0.15, 0.2) is 0 Å². The lowest BCUT2D eigenvalue weighted by Crippen LogP contribution is -2.29. The highest BCUT2D eigenvalue weighted by Crippen LogP contribution is 2.26. The van der Waals surface area contributed by atoms with E-state index in [1.165, 1.54) is 5.56 Å². The molecule has 2 rings (SSSR count). The quantitative estimate of drug-likeness (QED) is 0.874. The van der Waals surface area contributed by atoms with Crippen LogP contribution in [0.2, 0.25) is 0 Å². The van der Waals surface area contributed by atoms with Gasteiger partial charge in [0.05, 0.1) is 22.8 Å². The maximum Gasteiger partial charge on any atom is 0.122 e. The van der Waals surface area contributed by atoms with Gasteiger partial charge < -0.3 is 10.5 Å². The zero-order valence-corrected chi connectivity index (χ0v) is 14.0. The van der Waals surface area contributed by atoms with E-state index in [1.807, 2.05) is 31.4 Å². The summed E-state index contributed by atoms with van der Waals surface area (Å²) in [6.45, 7) is 8.95. The Hall–Kier alpha value is -1.39. The number of hydrogen-bond acceptors (Lipinski definition) is 4. The normalized spacial score (nSPS) is 11.9. The summed E-state index contributed by atoms with van der Waals surface area (Å²) in [6, 6.07) is 8.22. The molecule has 4 heteroatoms. The van der Waals surface area contributed by atoms with Crippen molar-refractivity contribution >= 4 is 11.3 Å². The first kappa shape index (κ1) is 16.0. The van der Waals surface area contributed by atoms with Gasteiger partial charge in [-0.1, -0.05) is 32.0 Å². The molecule has 0 saturated heterocycles. The van der Waals surface area contributed by atoms with Crippen molar-refractivity contribution in [2.75, 3.05) is 6.61 Å². The number of nitrogens with two attached hydrogens (primary N) is 1. The lowest BCUT2D eigenvalue weighted by molar-refractivity contribution is 0.317. The van der Waals surface area contributed by atoms with Crippen molar-refractivity contribution in [1.29, 1.82) is 0 Å². The van der Waals surface area contributed by atoms with Gasteiger partial charge in [-0.2, -0.15) is 0 Å². The Bertz CT molecular complexity index is 584. The molecule has 0 unspecified atom stereocenters. The fourth-order valence-corrected chi connectivity index (χ4v) is 3.02. The second-order valence-electron chi connectivity index (χ2n) is 6.14. The van der Waals surface area contributed by atoms with Crippen molar-refractivity contribution in [2.24, 2.45) is 5.73 Å². The number of para-hydroxylation sites is 1. The van der Waals surface area contributed by atoms with Crippen LogP contribution in [0.5, 0.6) is 5.75 Å². The van der Waals surface area contributed by atoms with Gasteiger partial charge in [0.2, 0.25) is 0 Å². The first-order valence-electron chi connectivity index (χ1n) is 7.33. The first-order chi connectivity index (χ1) is 9.88. The highest BCUT2D eigenvalue weighted by molar-refractivity contribution is 7.09. The molecule has 3 nitrogen and oxygen atoms in total. The van der Waals surface area contributed by atoms with Gasteiger partial charge in [-0.25, -0.2) is 4.98 Å². The topological polar surface area (TPSA) is 48.1 Å². The summed E-state index contributed by atoms with van der Waals surface area (Å²) in [5.41, 5.74) is 7.88. The standard InChI is InChI=1S/C17H24N2OS/c1-12(2)13-7-5-6-8-14(13)20-10-9-16-19-15(11-21-16)17(3,4)18/h5-8,11-12H,9-10,18H2,1-4H3. The van der Waals surface area contributed by atoms with Crippen LogP contribution in [-0.2, 0) is 12.0 Å². The molecule has 0 aliphatic rings. The van der Waals surface area contributed by atoms with Crippen LogP contribution in [0.4, 0.5) is 0 Å². The third-order valence-corrected chi connectivity index (χ3v) is 4.24. The van der Waals surface area contributed by atoms with Crippen molar-refractivity contribution in [3.63, 3.8) is 0 Å². The van der Waals surface area contributed by atoms with E-state index in [9.17, 15) is 0 Å². The number of hydrogen-bond donors (Lipinski definition) is 1. The predicted molar refractivity (Wildman–Crippen MR) is 89.1 cm³/mol. The van der Waals surface area contributed by atoms with E-state index in [-0.39, 0.29) is 5.54 Å². The number of benzene rings is 1. The lowest BCUT2D eigenvalue weighted by atomic mass is 10.0. The Morgan fingerprint density at radius 1 is 1.29 bits per heavy atom. The SMILES string of the molecule is CC(C)c1ccccc1OCCc1nc(C(C)(C)N)cs1. The van der Waals surface area contributed by atoms with Crippen molar-refractivity contribution in [3.8, 4) is 5.75 Å². The van der Waals surface area contributed by atoms with Crippen LogP contribution in [0.3, 0.4) is 0 Å². The van der Waals surface area contributed by atoms with E-state index in [0.29, 0.717) is 12.5 Å². The molecule has 0 saturated carbocycles. The van der Waals surface area contributed by atoms with Crippen molar-refractivity contribution < 1.29 is 4.74 Å². The van der Waals surface area contributed by atoms with E-state index in [2.05, 4.69) is 31.0 Å². The molecule has 0 bridgehead atoms. The minimum atomic E-state index is -0.375. The minimum Gasteiger partial charge on any atom is -0.493 e. The maximum atomic E-state index is 6.06. The molecular formula is C17H24N2OS. The van der Waals surface area contributed by atoms with E-state index in [4.69, 9.17) is 10.5 Å². The van der Waals surface area contributed by atoms with Gasteiger partial charge in [-0.3, -0.25) is 0 Å². The van der Waals surface area contributed by atoms with Crippen LogP contribution in [-0.4, -0.2) is 11.6 Å². The van der Waals surface area contributed by atoms with Gasteiger partial charge in [0, 0.05) is 11.8 Å². The van der Waals surface area contributed by atoms with Gasteiger partial charge in [-0.15, -0.1) is 11.3 Å². The van der Waals surface area contributed by atoms with Crippen LogP contribution in [0.25, 0.3) is 0 Å². The number of ether oxygens (including phenoxy) is 1. The average Bonchev–Trinajstić information content (AvgIpc) is 2.88. The molecule has 2 N–H and O–H groups in total. The minimum absolute atomic E-state index is 0.375. The van der Waals surface area contributed by atoms with Crippen LogP contribution < -0.4 is 10.5 Å². The Balaban J connectivity index is 1.95. The largest absolute Gasteiger partial charge is 0.493 e. The Labute approximate surface area is 131 Å². The molecule has 114 valence electrons. The smallest absolute Gasteiger partial charge is 0.122 e. The highest BCUT2D eigenvalue weighted by atomic mass is 32.1. The molecule has 0 amide bonds. The van der Waals surface area contributed by atoms with Gasteiger partial charge in [-0.05, 0) is 31.4 Å². The number of rotatable bonds is 6. The maximum absolute atomic E-state index is 6.06. The monoisotopic (exact) mass is 304 g/mol. The van der Waals surface area contributed by atoms with E-state index < -0.39 is 0 Å². The van der Waals surface area contributed by atoms with Crippen LogP contribution in [0.15, 0.2) is 29.6 Å². The lowest BCUT2D eigenvalue weighted by Gasteiger charge is -2.15. The molecule has 1 heterocycles. The second-order valence-corrected chi connectivity index (χ2v) is 7.08. The molecule has 1 aromatic carbocycles. The zero-order chi connectivity index (χ0) is 15.5.